The summed E-state index contributed by atoms with van der Waals surface area (Å²) in [5.74, 6) is -0.117. The molecular weight excluding hydrogens is 234 g/mol. The summed E-state index contributed by atoms with van der Waals surface area (Å²) in [7, 11) is 0. The van der Waals surface area contributed by atoms with Crippen molar-refractivity contribution in [1.29, 1.82) is 0 Å². The number of hydrogen-bond acceptors (Lipinski definition) is 2. The molecule has 0 spiro atoms. The van der Waals surface area contributed by atoms with E-state index in [4.69, 9.17) is 18.0 Å². The molecule has 0 bridgehead atoms. The van der Waals surface area contributed by atoms with Crippen LogP contribution < -0.4 is 16.4 Å². The largest absolute Gasteiger partial charge is 0.376 e. The van der Waals surface area contributed by atoms with Crippen LogP contribution in [-0.2, 0) is 4.79 Å². The Morgan fingerprint density at radius 1 is 1.29 bits per heavy atom. The standard InChI is InChI=1S/C12H17N3OS/c1-7(2)11(16)14-9-5-4-8(3)6-10(9)15-12(13)17/h4-7H,1-3H3,(H,14,16)(H3,13,15,17). The van der Waals surface area contributed by atoms with E-state index in [2.05, 4.69) is 10.6 Å². The van der Waals surface area contributed by atoms with E-state index >= 15 is 0 Å². The van der Waals surface area contributed by atoms with Gasteiger partial charge in [-0.15, -0.1) is 0 Å². The van der Waals surface area contributed by atoms with Gasteiger partial charge in [-0.05, 0) is 36.8 Å². The van der Waals surface area contributed by atoms with Gasteiger partial charge in [0.1, 0.15) is 0 Å². The Balaban J connectivity index is 2.97. The molecule has 0 heterocycles. The van der Waals surface area contributed by atoms with Crippen molar-refractivity contribution in [3.05, 3.63) is 23.8 Å². The lowest BCUT2D eigenvalue weighted by atomic mass is 10.1. The van der Waals surface area contributed by atoms with Crippen LogP contribution in [0.25, 0.3) is 0 Å². The van der Waals surface area contributed by atoms with E-state index in [1.807, 2.05) is 39.0 Å². The van der Waals surface area contributed by atoms with Crippen molar-refractivity contribution in [2.75, 3.05) is 10.6 Å². The summed E-state index contributed by atoms with van der Waals surface area (Å²) in [4.78, 5) is 11.6. The highest BCUT2D eigenvalue weighted by Gasteiger charge is 2.10. The van der Waals surface area contributed by atoms with Crippen molar-refractivity contribution >= 4 is 34.6 Å². The fourth-order valence-electron chi connectivity index (χ4n) is 1.28. The summed E-state index contributed by atoms with van der Waals surface area (Å²) in [6.07, 6.45) is 0. The topological polar surface area (TPSA) is 67.2 Å². The van der Waals surface area contributed by atoms with Gasteiger partial charge in [0.25, 0.3) is 0 Å². The van der Waals surface area contributed by atoms with Crippen molar-refractivity contribution < 1.29 is 4.79 Å². The zero-order chi connectivity index (χ0) is 13.0. The first-order valence-electron chi connectivity index (χ1n) is 5.38. The zero-order valence-electron chi connectivity index (χ0n) is 10.2. The van der Waals surface area contributed by atoms with Gasteiger partial charge in [-0.25, -0.2) is 0 Å². The van der Waals surface area contributed by atoms with Crippen molar-refractivity contribution in [2.24, 2.45) is 11.7 Å². The number of carbonyl (C=O) groups excluding carboxylic acids is 1. The predicted octanol–water partition coefficient (Wildman–Crippen LogP) is 2.25. The quantitative estimate of drug-likeness (QED) is 0.721. The van der Waals surface area contributed by atoms with Crippen molar-refractivity contribution in [3.63, 3.8) is 0 Å². The number of amides is 1. The van der Waals surface area contributed by atoms with E-state index in [1.165, 1.54) is 0 Å². The molecule has 1 rings (SSSR count). The summed E-state index contributed by atoms with van der Waals surface area (Å²) in [6.45, 7) is 5.63. The lowest BCUT2D eigenvalue weighted by Crippen LogP contribution is -2.22. The van der Waals surface area contributed by atoms with Crippen molar-refractivity contribution in [2.45, 2.75) is 20.8 Å². The molecule has 0 aliphatic rings. The Morgan fingerprint density at radius 2 is 1.94 bits per heavy atom. The fraction of sp³-hybridized carbons (Fsp3) is 0.333. The van der Waals surface area contributed by atoms with Gasteiger partial charge in [0.05, 0.1) is 11.4 Å². The number of carbonyl (C=O) groups is 1. The van der Waals surface area contributed by atoms with Gasteiger partial charge in [0.15, 0.2) is 5.11 Å². The minimum absolute atomic E-state index is 0.0418. The van der Waals surface area contributed by atoms with Gasteiger partial charge in [-0.2, -0.15) is 0 Å². The molecule has 1 amide bonds. The third-order valence-electron chi connectivity index (χ3n) is 2.22. The van der Waals surface area contributed by atoms with Crippen LogP contribution in [0.5, 0.6) is 0 Å². The number of aryl methyl sites for hydroxylation is 1. The number of anilines is 2. The summed E-state index contributed by atoms with van der Waals surface area (Å²) in [5.41, 5.74) is 7.90. The van der Waals surface area contributed by atoms with Crippen LogP contribution >= 0.6 is 12.2 Å². The Hall–Kier alpha value is -1.62. The van der Waals surface area contributed by atoms with Crippen LogP contribution in [-0.4, -0.2) is 11.0 Å². The number of benzene rings is 1. The summed E-state index contributed by atoms with van der Waals surface area (Å²) < 4.78 is 0. The molecule has 5 heteroatoms. The van der Waals surface area contributed by atoms with E-state index in [-0.39, 0.29) is 16.9 Å². The molecule has 17 heavy (non-hydrogen) atoms. The molecule has 0 saturated heterocycles. The minimum atomic E-state index is -0.0750. The lowest BCUT2D eigenvalue weighted by molar-refractivity contribution is -0.118. The number of nitrogens with two attached hydrogens (primary N) is 1. The van der Waals surface area contributed by atoms with Crippen LogP contribution in [0.15, 0.2) is 18.2 Å². The molecule has 1 aromatic rings. The van der Waals surface area contributed by atoms with Gasteiger partial charge in [-0.1, -0.05) is 19.9 Å². The summed E-state index contributed by atoms with van der Waals surface area (Å²) in [5, 5.41) is 5.86. The van der Waals surface area contributed by atoms with E-state index in [0.717, 1.165) is 5.56 Å². The monoisotopic (exact) mass is 251 g/mol. The first-order valence-corrected chi connectivity index (χ1v) is 5.79. The average molecular weight is 251 g/mol. The highest BCUT2D eigenvalue weighted by atomic mass is 32.1. The van der Waals surface area contributed by atoms with Crippen molar-refractivity contribution in [1.82, 2.24) is 0 Å². The van der Waals surface area contributed by atoms with Crippen LogP contribution in [0.1, 0.15) is 19.4 Å². The van der Waals surface area contributed by atoms with E-state index in [0.29, 0.717) is 11.4 Å². The Bertz CT molecular complexity index is 443. The SMILES string of the molecule is Cc1ccc(NC(=O)C(C)C)c(NC(N)=S)c1. The first-order chi connectivity index (χ1) is 7.90. The molecule has 4 N–H and O–H groups in total. The molecule has 0 aromatic heterocycles. The second kappa shape index (κ2) is 5.63. The first kappa shape index (κ1) is 13.4. The molecule has 92 valence electrons. The minimum Gasteiger partial charge on any atom is -0.376 e. The third kappa shape index (κ3) is 4.03. The van der Waals surface area contributed by atoms with Gasteiger partial charge >= 0.3 is 0 Å². The predicted molar refractivity (Wildman–Crippen MR) is 75.1 cm³/mol. The molecule has 4 nitrogen and oxygen atoms in total. The van der Waals surface area contributed by atoms with Crippen LogP contribution in [0, 0.1) is 12.8 Å². The smallest absolute Gasteiger partial charge is 0.226 e. The summed E-state index contributed by atoms with van der Waals surface area (Å²) in [6, 6.07) is 5.63. The average Bonchev–Trinajstić information content (AvgIpc) is 2.20. The van der Waals surface area contributed by atoms with Crippen LogP contribution in [0.3, 0.4) is 0 Å². The van der Waals surface area contributed by atoms with E-state index in [9.17, 15) is 4.79 Å². The maximum atomic E-state index is 11.6. The highest BCUT2D eigenvalue weighted by molar-refractivity contribution is 7.80. The fourth-order valence-corrected chi connectivity index (χ4v) is 1.39. The zero-order valence-corrected chi connectivity index (χ0v) is 11.0. The van der Waals surface area contributed by atoms with Gasteiger partial charge in [-0.3, -0.25) is 4.79 Å². The maximum Gasteiger partial charge on any atom is 0.226 e. The molecule has 0 unspecified atom stereocenters. The Labute approximate surface area is 107 Å². The summed E-state index contributed by atoms with van der Waals surface area (Å²) >= 11 is 4.80. The molecule has 0 atom stereocenters. The molecular formula is C12H17N3OS. The second-order valence-electron chi connectivity index (χ2n) is 4.18. The van der Waals surface area contributed by atoms with E-state index in [1.54, 1.807) is 0 Å². The normalized spacial score (nSPS) is 10.1. The van der Waals surface area contributed by atoms with Crippen LogP contribution in [0.4, 0.5) is 11.4 Å². The molecule has 1 aromatic carbocycles. The number of hydrogen-bond donors (Lipinski definition) is 3. The van der Waals surface area contributed by atoms with Gasteiger partial charge < -0.3 is 16.4 Å². The number of thiocarbonyl (C=S) groups is 1. The molecule has 0 aliphatic carbocycles. The highest BCUT2D eigenvalue weighted by Crippen LogP contribution is 2.23. The van der Waals surface area contributed by atoms with Gasteiger partial charge in [0, 0.05) is 5.92 Å². The van der Waals surface area contributed by atoms with Crippen LogP contribution in [0.2, 0.25) is 0 Å². The third-order valence-corrected chi connectivity index (χ3v) is 2.32. The Morgan fingerprint density at radius 3 is 2.47 bits per heavy atom. The molecule has 0 radical (unpaired) electrons. The lowest BCUT2D eigenvalue weighted by Gasteiger charge is -2.14. The van der Waals surface area contributed by atoms with Crippen molar-refractivity contribution in [3.8, 4) is 0 Å². The number of rotatable bonds is 3. The second-order valence-corrected chi connectivity index (χ2v) is 4.62. The van der Waals surface area contributed by atoms with E-state index < -0.39 is 0 Å². The van der Waals surface area contributed by atoms with Gasteiger partial charge in [0.2, 0.25) is 5.91 Å². The number of nitrogens with one attached hydrogen (secondary N) is 2. The molecule has 0 fully saturated rings. The maximum absolute atomic E-state index is 11.6. The molecule has 0 saturated carbocycles. The Kier molecular flexibility index (Phi) is 4.45. The molecule has 0 aliphatic heterocycles.